The standard InChI is InChI=1S/C21H33N5/c1-16-4-2-7-19-15-25(12-13-26(16)19)21-22-14-17-8-10-24(18-5-3-6-18)11-9-20(17)23-21/h14,16,18-19H,2-13,15H2,1H3. The molecule has 5 nitrogen and oxygen atoms in total. The van der Waals surface area contributed by atoms with E-state index in [9.17, 15) is 0 Å². The maximum atomic E-state index is 5.06. The Labute approximate surface area is 157 Å². The molecule has 0 spiro atoms. The lowest BCUT2D eigenvalue weighted by atomic mass is 9.91. The third-order valence-corrected chi connectivity index (χ3v) is 7.37. The van der Waals surface area contributed by atoms with Gasteiger partial charge in [-0.2, -0.15) is 0 Å². The third-order valence-electron chi connectivity index (χ3n) is 7.37. The summed E-state index contributed by atoms with van der Waals surface area (Å²) in [6, 6.07) is 2.29. The Morgan fingerprint density at radius 1 is 0.923 bits per heavy atom. The van der Waals surface area contributed by atoms with Crippen molar-refractivity contribution in [1.29, 1.82) is 0 Å². The number of fused-ring (bicyclic) bond motifs is 2. The van der Waals surface area contributed by atoms with Gasteiger partial charge in [0, 0.05) is 63.5 Å². The van der Waals surface area contributed by atoms with E-state index >= 15 is 0 Å². The zero-order valence-electron chi connectivity index (χ0n) is 16.2. The summed E-state index contributed by atoms with van der Waals surface area (Å²) in [5.74, 6) is 0.985. The Balaban J connectivity index is 1.29. The number of anilines is 1. The predicted octanol–water partition coefficient (Wildman–Crippen LogP) is 2.49. The molecule has 5 heteroatoms. The van der Waals surface area contributed by atoms with Gasteiger partial charge in [-0.3, -0.25) is 9.80 Å². The molecular formula is C21H33N5. The molecule has 0 bridgehead atoms. The van der Waals surface area contributed by atoms with Gasteiger partial charge in [0.2, 0.25) is 5.95 Å². The summed E-state index contributed by atoms with van der Waals surface area (Å²) < 4.78 is 0. The first-order valence-corrected chi connectivity index (χ1v) is 10.9. The fraction of sp³-hybridized carbons (Fsp3) is 0.810. The van der Waals surface area contributed by atoms with Crippen LogP contribution in [0.4, 0.5) is 5.95 Å². The van der Waals surface area contributed by atoms with E-state index in [1.165, 1.54) is 69.4 Å². The molecule has 4 heterocycles. The van der Waals surface area contributed by atoms with Crippen LogP contribution in [-0.2, 0) is 12.8 Å². The molecule has 0 N–H and O–H groups in total. The number of nitrogens with zero attached hydrogens (tertiary/aromatic N) is 5. The van der Waals surface area contributed by atoms with Crippen molar-refractivity contribution in [3.8, 4) is 0 Å². The van der Waals surface area contributed by atoms with Gasteiger partial charge in [-0.25, -0.2) is 9.97 Å². The molecule has 2 unspecified atom stereocenters. The van der Waals surface area contributed by atoms with E-state index in [0.717, 1.165) is 44.0 Å². The van der Waals surface area contributed by atoms with Gasteiger partial charge in [-0.1, -0.05) is 12.8 Å². The normalized spacial score (nSPS) is 31.0. The second-order valence-corrected chi connectivity index (χ2v) is 8.88. The lowest BCUT2D eigenvalue weighted by Gasteiger charge is -2.47. The Kier molecular flexibility index (Phi) is 4.61. The molecule has 2 atom stereocenters. The van der Waals surface area contributed by atoms with Crippen molar-refractivity contribution in [3.63, 3.8) is 0 Å². The van der Waals surface area contributed by atoms with Crippen LogP contribution in [0.15, 0.2) is 6.20 Å². The van der Waals surface area contributed by atoms with Gasteiger partial charge in [0.05, 0.1) is 5.69 Å². The zero-order chi connectivity index (χ0) is 17.5. The molecule has 4 aliphatic rings. The molecule has 5 rings (SSSR count). The number of aromatic nitrogens is 2. The lowest BCUT2D eigenvalue weighted by molar-refractivity contribution is 0.0813. The summed E-state index contributed by atoms with van der Waals surface area (Å²) in [6.07, 6.45) is 12.7. The molecule has 0 radical (unpaired) electrons. The SMILES string of the molecule is CC1CCCC2CN(c3ncc4c(n3)CCN(C3CCC3)CC4)CCN12. The Hall–Kier alpha value is -1.20. The smallest absolute Gasteiger partial charge is 0.225 e. The van der Waals surface area contributed by atoms with Crippen molar-refractivity contribution in [2.24, 2.45) is 0 Å². The molecule has 142 valence electrons. The first-order valence-electron chi connectivity index (χ1n) is 10.9. The van der Waals surface area contributed by atoms with Gasteiger partial charge in [0.15, 0.2) is 0 Å². The summed E-state index contributed by atoms with van der Waals surface area (Å²) in [5, 5.41) is 0. The van der Waals surface area contributed by atoms with Crippen LogP contribution in [0.3, 0.4) is 0 Å². The van der Waals surface area contributed by atoms with Crippen LogP contribution in [0, 0.1) is 0 Å². The highest BCUT2D eigenvalue weighted by Gasteiger charge is 2.34. The second-order valence-electron chi connectivity index (χ2n) is 8.88. The number of rotatable bonds is 2. The van der Waals surface area contributed by atoms with Crippen molar-refractivity contribution >= 4 is 5.95 Å². The number of piperazine rings is 1. The highest BCUT2D eigenvalue weighted by atomic mass is 15.3. The van der Waals surface area contributed by atoms with Gasteiger partial charge >= 0.3 is 0 Å². The number of hydrogen-bond donors (Lipinski definition) is 0. The monoisotopic (exact) mass is 355 g/mol. The average molecular weight is 356 g/mol. The minimum atomic E-state index is 0.698. The highest BCUT2D eigenvalue weighted by Crippen LogP contribution is 2.29. The predicted molar refractivity (Wildman–Crippen MR) is 105 cm³/mol. The molecule has 1 aromatic rings. The van der Waals surface area contributed by atoms with Crippen LogP contribution >= 0.6 is 0 Å². The topological polar surface area (TPSA) is 35.5 Å². The largest absolute Gasteiger partial charge is 0.338 e. The van der Waals surface area contributed by atoms with E-state index in [2.05, 4.69) is 27.8 Å². The van der Waals surface area contributed by atoms with E-state index in [1.54, 1.807) is 0 Å². The van der Waals surface area contributed by atoms with E-state index in [1.807, 2.05) is 0 Å². The average Bonchev–Trinajstić information content (AvgIpc) is 2.83. The minimum absolute atomic E-state index is 0.698. The van der Waals surface area contributed by atoms with Gasteiger partial charge in [-0.15, -0.1) is 0 Å². The van der Waals surface area contributed by atoms with Crippen LogP contribution in [0.5, 0.6) is 0 Å². The molecule has 1 aliphatic carbocycles. The highest BCUT2D eigenvalue weighted by molar-refractivity contribution is 5.35. The fourth-order valence-corrected chi connectivity index (χ4v) is 5.45. The van der Waals surface area contributed by atoms with Crippen LogP contribution in [0.2, 0.25) is 0 Å². The van der Waals surface area contributed by atoms with Crippen molar-refractivity contribution in [2.45, 2.75) is 76.4 Å². The molecular weight excluding hydrogens is 322 g/mol. The van der Waals surface area contributed by atoms with Crippen LogP contribution < -0.4 is 4.90 Å². The Bertz CT molecular complexity index is 643. The Morgan fingerprint density at radius 2 is 1.73 bits per heavy atom. The summed E-state index contributed by atoms with van der Waals surface area (Å²) >= 11 is 0. The minimum Gasteiger partial charge on any atom is -0.338 e. The van der Waals surface area contributed by atoms with Crippen molar-refractivity contribution < 1.29 is 0 Å². The van der Waals surface area contributed by atoms with Crippen molar-refractivity contribution in [3.05, 3.63) is 17.5 Å². The summed E-state index contributed by atoms with van der Waals surface area (Å²) in [5.41, 5.74) is 2.71. The maximum Gasteiger partial charge on any atom is 0.225 e. The summed E-state index contributed by atoms with van der Waals surface area (Å²) in [4.78, 5) is 17.7. The Morgan fingerprint density at radius 3 is 2.58 bits per heavy atom. The third kappa shape index (κ3) is 3.13. The summed E-state index contributed by atoms with van der Waals surface area (Å²) in [6.45, 7) is 8.13. The molecule has 26 heavy (non-hydrogen) atoms. The van der Waals surface area contributed by atoms with Crippen molar-refractivity contribution in [2.75, 3.05) is 37.6 Å². The van der Waals surface area contributed by atoms with Gasteiger partial charge in [0.1, 0.15) is 0 Å². The first kappa shape index (κ1) is 16.9. The van der Waals surface area contributed by atoms with Crippen LogP contribution in [0.1, 0.15) is 56.7 Å². The van der Waals surface area contributed by atoms with E-state index in [4.69, 9.17) is 9.97 Å². The van der Waals surface area contributed by atoms with Gasteiger partial charge < -0.3 is 4.90 Å². The van der Waals surface area contributed by atoms with Crippen LogP contribution in [0.25, 0.3) is 0 Å². The van der Waals surface area contributed by atoms with E-state index < -0.39 is 0 Å². The number of hydrogen-bond acceptors (Lipinski definition) is 5. The maximum absolute atomic E-state index is 5.06. The van der Waals surface area contributed by atoms with E-state index in [-0.39, 0.29) is 0 Å². The molecule has 2 saturated heterocycles. The van der Waals surface area contributed by atoms with Crippen LogP contribution in [-0.4, -0.2) is 70.6 Å². The molecule has 1 aromatic heterocycles. The van der Waals surface area contributed by atoms with Crippen molar-refractivity contribution in [1.82, 2.24) is 19.8 Å². The van der Waals surface area contributed by atoms with Gasteiger partial charge in [-0.05, 0) is 44.6 Å². The molecule has 1 saturated carbocycles. The summed E-state index contributed by atoms with van der Waals surface area (Å²) in [7, 11) is 0. The number of piperidine rings is 1. The second kappa shape index (κ2) is 7.08. The molecule has 0 amide bonds. The van der Waals surface area contributed by atoms with E-state index in [0.29, 0.717) is 6.04 Å². The quantitative estimate of drug-likeness (QED) is 0.814. The lowest BCUT2D eigenvalue weighted by Crippen LogP contribution is -2.58. The molecule has 3 aliphatic heterocycles. The molecule has 0 aromatic carbocycles. The first-order chi connectivity index (χ1) is 12.8. The zero-order valence-corrected chi connectivity index (χ0v) is 16.2. The molecule has 3 fully saturated rings. The van der Waals surface area contributed by atoms with Gasteiger partial charge in [0.25, 0.3) is 0 Å². The fourth-order valence-electron chi connectivity index (χ4n) is 5.45.